The normalized spacial score (nSPS) is 14.8. The minimum Gasteiger partial charge on any atom is -0.326 e. The minimum atomic E-state index is -1.96. The van der Waals surface area contributed by atoms with Crippen molar-refractivity contribution in [2.45, 2.75) is 52.9 Å². The first-order valence-corrected chi connectivity index (χ1v) is 11.1. The monoisotopic (exact) mass is 310 g/mol. The molecule has 0 aromatic carbocycles. The Morgan fingerprint density at radius 2 is 1.94 bits per heavy atom. The summed E-state index contributed by atoms with van der Waals surface area (Å²) in [6.45, 7) is 8.05. The van der Waals surface area contributed by atoms with Crippen molar-refractivity contribution in [1.82, 2.24) is 5.09 Å². The highest BCUT2D eigenvalue weighted by Crippen LogP contribution is 2.56. The molecule has 0 saturated carbocycles. The lowest BCUT2D eigenvalue weighted by Crippen LogP contribution is -2.09. The van der Waals surface area contributed by atoms with Crippen LogP contribution in [-0.2, 0) is 16.3 Å². The maximum atomic E-state index is 5.82. The molecule has 0 radical (unpaired) electrons. The predicted octanol–water partition coefficient (Wildman–Crippen LogP) is 4.59. The zero-order valence-electron chi connectivity index (χ0n) is 11.9. The maximum Gasteiger partial charge on any atom is 0.211 e. The van der Waals surface area contributed by atoms with E-state index in [1.807, 2.05) is 0 Å². The highest BCUT2D eigenvalue weighted by molar-refractivity contribution is 8.68. The fourth-order valence-electron chi connectivity index (χ4n) is 1.08. The molecule has 108 valence electrons. The van der Waals surface area contributed by atoms with Gasteiger partial charge in [0.25, 0.3) is 0 Å². The smallest absolute Gasteiger partial charge is 0.211 e. The lowest BCUT2D eigenvalue weighted by atomic mass is 10.3. The standard InChI is InChI=1S/C12H27N2OPS2/c1-4-7-9-13-12-14-16(17,15-10-6-3)18-11-8-5-2/h12H,4-11H2,1-3H3,(H,13,14,17). The van der Waals surface area contributed by atoms with E-state index in [9.17, 15) is 0 Å². The molecule has 0 amide bonds. The SMILES string of the molecule is CCCCN=CNP(=S)(OCCC)SCCCC. The summed E-state index contributed by atoms with van der Waals surface area (Å²) in [7, 11) is 0. The van der Waals surface area contributed by atoms with Crippen molar-refractivity contribution in [3.05, 3.63) is 0 Å². The summed E-state index contributed by atoms with van der Waals surface area (Å²) in [5.74, 6) is 1.06. The highest BCUT2D eigenvalue weighted by Gasteiger charge is 2.16. The van der Waals surface area contributed by atoms with E-state index in [1.165, 1.54) is 19.3 Å². The van der Waals surface area contributed by atoms with Gasteiger partial charge in [-0.05, 0) is 31.1 Å². The van der Waals surface area contributed by atoms with Crippen molar-refractivity contribution in [2.24, 2.45) is 4.99 Å². The van der Waals surface area contributed by atoms with Gasteiger partial charge in [-0.25, -0.2) is 0 Å². The largest absolute Gasteiger partial charge is 0.326 e. The molecule has 0 aromatic heterocycles. The summed E-state index contributed by atoms with van der Waals surface area (Å²) >= 11 is 7.36. The molecular formula is C12H27N2OPS2. The molecule has 6 heteroatoms. The van der Waals surface area contributed by atoms with Gasteiger partial charge in [-0.1, -0.05) is 45.0 Å². The molecule has 1 unspecified atom stereocenters. The third-order valence-electron chi connectivity index (χ3n) is 2.17. The van der Waals surface area contributed by atoms with Gasteiger partial charge in [-0.3, -0.25) is 4.99 Å². The first kappa shape index (κ1) is 18.4. The van der Waals surface area contributed by atoms with E-state index in [1.54, 1.807) is 17.7 Å². The molecule has 1 atom stereocenters. The predicted molar refractivity (Wildman–Crippen MR) is 89.3 cm³/mol. The van der Waals surface area contributed by atoms with Crippen LogP contribution in [0.5, 0.6) is 0 Å². The molecule has 0 fully saturated rings. The molecule has 0 saturated heterocycles. The summed E-state index contributed by atoms with van der Waals surface area (Å²) < 4.78 is 5.82. The Balaban J connectivity index is 4.10. The van der Waals surface area contributed by atoms with E-state index in [2.05, 4.69) is 30.9 Å². The topological polar surface area (TPSA) is 33.6 Å². The van der Waals surface area contributed by atoms with Gasteiger partial charge in [0.1, 0.15) is 0 Å². The molecular weight excluding hydrogens is 283 g/mol. The molecule has 0 aromatic rings. The van der Waals surface area contributed by atoms with Crippen LogP contribution in [0.15, 0.2) is 4.99 Å². The van der Waals surface area contributed by atoms with E-state index in [0.29, 0.717) is 0 Å². The number of aliphatic imine (C=N–C) groups is 1. The number of rotatable bonds is 12. The molecule has 3 nitrogen and oxygen atoms in total. The van der Waals surface area contributed by atoms with Crippen LogP contribution in [0.2, 0.25) is 0 Å². The van der Waals surface area contributed by atoms with Gasteiger partial charge in [-0.2, -0.15) is 0 Å². The third kappa shape index (κ3) is 10.4. The van der Waals surface area contributed by atoms with E-state index in [4.69, 9.17) is 16.3 Å². The lowest BCUT2D eigenvalue weighted by molar-refractivity contribution is 0.356. The summed E-state index contributed by atoms with van der Waals surface area (Å²) in [5.41, 5.74) is -1.96. The molecule has 1 N–H and O–H groups in total. The second-order valence-corrected chi connectivity index (χ2v) is 10.8. The second kappa shape index (κ2) is 12.5. The molecule has 0 rings (SSSR count). The number of hydrogen-bond donors (Lipinski definition) is 1. The first-order valence-electron chi connectivity index (χ1n) is 6.83. The van der Waals surface area contributed by atoms with Crippen LogP contribution in [-0.4, -0.2) is 25.2 Å². The van der Waals surface area contributed by atoms with Crippen LogP contribution in [0, 0.1) is 0 Å². The van der Waals surface area contributed by atoms with Crippen LogP contribution in [0.3, 0.4) is 0 Å². The quantitative estimate of drug-likeness (QED) is 0.247. The number of nitrogens with zero attached hydrogens (tertiary/aromatic N) is 1. The Labute approximate surface area is 121 Å². The van der Waals surface area contributed by atoms with E-state index < -0.39 is 5.62 Å². The van der Waals surface area contributed by atoms with Crippen molar-refractivity contribution in [1.29, 1.82) is 0 Å². The van der Waals surface area contributed by atoms with Crippen molar-refractivity contribution in [3.63, 3.8) is 0 Å². The summed E-state index contributed by atoms with van der Waals surface area (Å²) in [6.07, 6.45) is 7.43. The number of nitrogens with one attached hydrogen (secondary N) is 1. The Morgan fingerprint density at radius 1 is 1.22 bits per heavy atom. The zero-order valence-corrected chi connectivity index (χ0v) is 14.4. The Morgan fingerprint density at radius 3 is 2.56 bits per heavy atom. The molecule has 0 aliphatic carbocycles. The van der Waals surface area contributed by atoms with Crippen LogP contribution >= 0.6 is 17.0 Å². The van der Waals surface area contributed by atoms with E-state index in [-0.39, 0.29) is 0 Å². The van der Waals surface area contributed by atoms with Crippen LogP contribution < -0.4 is 5.09 Å². The molecule has 0 heterocycles. The van der Waals surface area contributed by atoms with Gasteiger partial charge in [0.2, 0.25) is 5.62 Å². The van der Waals surface area contributed by atoms with Gasteiger partial charge in [0, 0.05) is 12.3 Å². The third-order valence-corrected chi connectivity index (χ3v) is 7.72. The molecule has 0 spiro atoms. The summed E-state index contributed by atoms with van der Waals surface area (Å²) in [4.78, 5) is 4.31. The van der Waals surface area contributed by atoms with Crippen molar-refractivity contribution >= 4 is 35.1 Å². The highest BCUT2D eigenvalue weighted by atomic mass is 32.9. The van der Waals surface area contributed by atoms with Gasteiger partial charge < -0.3 is 9.61 Å². The minimum absolute atomic E-state index is 0.728. The lowest BCUT2D eigenvalue weighted by Gasteiger charge is -2.20. The van der Waals surface area contributed by atoms with Crippen LogP contribution in [0.1, 0.15) is 52.9 Å². The maximum absolute atomic E-state index is 5.82. The fourth-order valence-corrected chi connectivity index (χ4v) is 5.56. The van der Waals surface area contributed by atoms with Gasteiger partial charge in [-0.15, -0.1) is 0 Å². The van der Waals surface area contributed by atoms with Crippen LogP contribution in [0.25, 0.3) is 0 Å². The number of hydrogen-bond acceptors (Lipinski definition) is 4. The molecule has 18 heavy (non-hydrogen) atoms. The average Bonchev–Trinajstić information content (AvgIpc) is 2.37. The van der Waals surface area contributed by atoms with E-state index in [0.717, 1.165) is 31.7 Å². The zero-order chi connectivity index (χ0) is 13.7. The van der Waals surface area contributed by atoms with Crippen molar-refractivity contribution < 1.29 is 4.52 Å². The fraction of sp³-hybridized carbons (Fsp3) is 0.917. The Bertz CT molecular complexity index is 262. The first-order chi connectivity index (χ1) is 8.68. The van der Waals surface area contributed by atoms with Gasteiger partial charge in [0.15, 0.2) is 0 Å². The summed E-state index contributed by atoms with van der Waals surface area (Å²) in [6, 6.07) is 0. The molecule has 0 bridgehead atoms. The van der Waals surface area contributed by atoms with Gasteiger partial charge >= 0.3 is 0 Å². The average molecular weight is 310 g/mol. The Hall–Kier alpha value is 0.430. The van der Waals surface area contributed by atoms with E-state index >= 15 is 0 Å². The van der Waals surface area contributed by atoms with Crippen molar-refractivity contribution in [2.75, 3.05) is 18.9 Å². The second-order valence-electron chi connectivity index (χ2n) is 4.04. The molecule has 0 aliphatic rings. The number of unbranched alkanes of at least 4 members (excludes halogenated alkanes) is 2. The van der Waals surface area contributed by atoms with Gasteiger partial charge in [0.05, 0.1) is 12.9 Å². The van der Waals surface area contributed by atoms with Crippen LogP contribution in [0.4, 0.5) is 0 Å². The summed E-state index contributed by atoms with van der Waals surface area (Å²) in [5, 5.41) is 3.22. The molecule has 0 aliphatic heterocycles. The van der Waals surface area contributed by atoms with Crippen molar-refractivity contribution in [3.8, 4) is 0 Å². The Kier molecular flexibility index (Phi) is 12.8.